The van der Waals surface area contributed by atoms with Gasteiger partial charge in [-0.15, -0.1) is 12.4 Å². The van der Waals surface area contributed by atoms with E-state index in [1.54, 1.807) is 4.90 Å². The molecule has 0 aromatic heterocycles. The second-order valence-corrected chi connectivity index (χ2v) is 5.88. The summed E-state index contributed by atoms with van der Waals surface area (Å²) in [6, 6.07) is 2.03. The van der Waals surface area contributed by atoms with E-state index in [9.17, 15) is 13.6 Å². The Labute approximate surface area is 136 Å². The summed E-state index contributed by atoms with van der Waals surface area (Å²) in [5, 5.41) is 0. The molecule has 20 heavy (non-hydrogen) atoms. The lowest BCUT2D eigenvalue weighted by Gasteiger charge is -2.31. The van der Waals surface area contributed by atoms with E-state index in [0.29, 0.717) is 29.1 Å². The van der Waals surface area contributed by atoms with Crippen molar-refractivity contribution in [2.24, 2.45) is 11.7 Å². The van der Waals surface area contributed by atoms with Gasteiger partial charge in [-0.05, 0) is 60.0 Å². The summed E-state index contributed by atoms with van der Waals surface area (Å²) >= 11 is 1.85. The highest BCUT2D eigenvalue weighted by atomic mass is 127. The van der Waals surface area contributed by atoms with E-state index in [2.05, 4.69) is 0 Å². The van der Waals surface area contributed by atoms with Gasteiger partial charge in [-0.1, -0.05) is 0 Å². The van der Waals surface area contributed by atoms with Crippen LogP contribution in [-0.2, 0) is 0 Å². The average Bonchev–Trinajstić information content (AvgIpc) is 2.42. The molecule has 1 saturated heterocycles. The molecule has 1 amide bonds. The first kappa shape index (κ1) is 17.6. The zero-order chi connectivity index (χ0) is 14.0. The number of rotatable bonds is 2. The van der Waals surface area contributed by atoms with Crippen LogP contribution < -0.4 is 5.73 Å². The lowest BCUT2D eigenvalue weighted by molar-refractivity contribution is 0.0691. The third-order valence-corrected chi connectivity index (χ3v) is 4.37. The minimum Gasteiger partial charge on any atom is -0.339 e. The van der Waals surface area contributed by atoms with E-state index in [1.807, 2.05) is 22.6 Å². The highest BCUT2D eigenvalue weighted by molar-refractivity contribution is 14.1. The number of likely N-dealkylation sites (tertiary alicyclic amines) is 1. The molecule has 2 rings (SSSR count). The van der Waals surface area contributed by atoms with Gasteiger partial charge in [-0.2, -0.15) is 0 Å². The summed E-state index contributed by atoms with van der Waals surface area (Å²) in [5.74, 6) is -1.70. The summed E-state index contributed by atoms with van der Waals surface area (Å²) < 4.78 is 26.7. The number of hydrogen-bond acceptors (Lipinski definition) is 2. The zero-order valence-electron chi connectivity index (χ0n) is 10.7. The molecule has 1 aromatic carbocycles. The Balaban J connectivity index is 0.00000200. The van der Waals surface area contributed by atoms with Gasteiger partial charge in [-0.3, -0.25) is 4.79 Å². The van der Waals surface area contributed by atoms with Crippen molar-refractivity contribution in [2.75, 3.05) is 19.6 Å². The van der Waals surface area contributed by atoms with Crippen LogP contribution in [0, 0.1) is 21.1 Å². The third-order valence-electron chi connectivity index (χ3n) is 3.48. The number of amides is 1. The van der Waals surface area contributed by atoms with Gasteiger partial charge in [0.05, 0.1) is 5.56 Å². The lowest BCUT2D eigenvalue weighted by Crippen LogP contribution is -2.40. The molecule has 1 heterocycles. The van der Waals surface area contributed by atoms with Crippen molar-refractivity contribution in [2.45, 2.75) is 12.8 Å². The lowest BCUT2D eigenvalue weighted by atomic mass is 9.96. The van der Waals surface area contributed by atoms with Gasteiger partial charge in [-0.25, -0.2) is 8.78 Å². The first-order chi connectivity index (χ1) is 9.02. The zero-order valence-corrected chi connectivity index (χ0v) is 13.7. The van der Waals surface area contributed by atoms with Gasteiger partial charge < -0.3 is 10.6 Å². The number of nitrogens with zero attached hydrogens (tertiary/aromatic N) is 1. The van der Waals surface area contributed by atoms with Gasteiger partial charge in [0.1, 0.15) is 0 Å². The van der Waals surface area contributed by atoms with Crippen LogP contribution in [0.2, 0.25) is 0 Å². The topological polar surface area (TPSA) is 46.3 Å². The smallest absolute Gasteiger partial charge is 0.255 e. The summed E-state index contributed by atoms with van der Waals surface area (Å²) in [6.45, 7) is 1.87. The van der Waals surface area contributed by atoms with Gasteiger partial charge >= 0.3 is 0 Å². The van der Waals surface area contributed by atoms with Crippen molar-refractivity contribution in [3.63, 3.8) is 0 Å². The van der Waals surface area contributed by atoms with Crippen LogP contribution in [-0.4, -0.2) is 30.4 Å². The number of nitrogens with two attached hydrogens (primary N) is 1. The summed E-state index contributed by atoms with van der Waals surface area (Å²) in [6.07, 6.45) is 1.73. The molecule has 0 unspecified atom stereocenters. The molecular formula is C13H16ClF2IN2O. The van der Waals surface area contributed by atoms with Gasteiger partial charge in [0.25, 0.3) is 5.91 Å². The van der Waals surface area contributed by atoms with Crippen LogP contribution in [0.15, 0.2) is 12.1 Å². The number of piperidine rings is 1. The van der Waals surface area contributed by atoms with E-state index in [-0.39, 0.29) is 23.9 Å². The van der Waals surface area contributed by atoms with Crippen molar-refractivity contribution in [3.8, 4) is 0 Å². The Hall–Kier alpha value is -0.470. The van der Waals surface area contributed by atoms with Crippen LogP contribution in [0.25, 0.3) is 0 Å². The Bertz CT molecular complexity index is 494. The SMILES string of the molecule is Cl.NCC1CCN(C(=O)c2cc(F)c(F)cc2I)CC1. The number of hydrogen-bond donors (Lipinski definition) is 1. The van der Waals surface area contributed by atoms with Crippen molar-refractivity contribution in [3.05, 3.63) is 32.9 Å². The largest absolute Gasteiger partial charge is 0.339 e. The van der Waals surface area contributed by atoms with E-state index >= 15 is 0 Å². The van der Waals surface area contributed by atoms with Crippen LogP contribution >= 0.6 is 35.0 Å². The number of benzene rings is 1. The molecule has 0 aliphatic carbocycles. The van der Waals surface area contributed by atoms with E-state index in [1.165, 1.54) is 0 Å². The quantitative estimate of drug-likeness (QED) is 0.595. The molecule has 1 fully saturated rings. The van der Waals surface area contributed by atoms with E-state index < -0.39 is 11.6 Å². The maximum Gasteiger partial charge on any atom is 0.255 e. The first-order valence-electron chi connectivity index (χ1n) is 6.16. The molecule has 0 bridgehead atoms. The number of carbonyl (C=O) groups is 1. The first-order valence-corrected chi connectivity index (χ1v) is 7.24. The fourth-order valence-electron chi connectivity index (χ4n) is 2.23. The molecule has 2 N–H and O–H groups in total. The monoisotopic (exact) mass is 416 g/mol. The maximum atomic E-state index is 13.2. The number of carbonyl (C=O) groups excluding carboxylic acids is 1. The molecular weight excluding hydrogens is 401 g/mol. The Morgan fingerprint density at radius 2 is 1.85 bits per heavy atom. The molecule has 1 aliphatic heterocycles. The highest BCUT2D eigenvalue weighted by Gasteiger charge is 2.25. The predicted molar refractivity (Wildman–Crippen MR) is 84.0 cm³/mol. The second-order valence-electron chi connectivity index (χ2n) is 4.72. The fraction of sp³-hybridized carbons (Fsp3) is 0.462. The van der Waals surface area contributed by atoms with Crippen LogP contribution in [0.3, 0.4) is 0 Å². The summed E-state index contributed by atoms with van der Waals surface area (Å²) in [4.78, 5) is 14.0. The van der Waals surface area contributed by atoms with E-state index in [0.717, 1.165) is 25.0 Å². The molecule has 0 saturated carbocycles. The van der Waals surface area contributed by atoms with Crippen LogP contribution in [0.5, 0.6) is 0 Å². The molecule has 112 valence electrons. The molecule has 7 heteroatoms. The minimum atomic E-state index is -0.986. The van der Waals surface area contributed by atoms with Crippen molar-refractivity contribution >= 4 is 40.9 Å². The maximum absolute atomic E-state index is 13.2. The average molecular weight is 417 g/mol. The van der Waals surface area contributed by atoms with Gasteiger partial charge in [0, 0.05) is 16.7 Å². The minimum absolute atomic E-state index is 0. The van der Waals surface area contributed by atoms with Gasteiger partial charge in [0.15, 0.2) is 11.6 Å². The standard InChI is InChI=1S/C13H15F2IN2O.ClH/c14-10-5-9(12(16)6-11(10)15)13(19)18-3-1-8(7-17)2-4-18;/h5-6,8H,1-4,7,17H2;1H. The van der Waals surface area contributed by atoms with Crippen LogP contribution in [0.4, 0.5) is 8.78 Å². The van der Waals surface area contributed by atoms with Crippen molar-refractivity contribution in [1.29, 1.82) is 0 Å². The molecule has 1 aliphatic rings. The highest BCUT2D eigenvalue weighted by Crippen LogP contribution is 2.22. The summed E-state index contributed by atoms with van der Waals surface area (Å²) in [7, 11) is 0. The number of halogens is 4. The Morgan fingerprint density at radius 1 is 1.30 bits per heavy atom. The fourth-order valence-corrected chi connectivity index (χ4v) is 2.89. The predicted octanol–water partition coefficient (Wildman–Crippen LogP) is 2.80. The molecule has 0 radical (unpaired) electrons. The Kier molecular flexibility index (Phi) is 6.60. The van der Waals surface area contributed by atoms with Gasteiger partial charge in [0.2, 0.25) is 0 Å². The Morgan fingerprint density at radius 3 is 2.40 bits per heavy atom. The van der Waals surface area contributed by atoms with E-state index in [4.69, 9.17) is 5.73 Å². The third kappa shape index (κ3) is 3.79. The summed E-state index contributed by atoms with van der Waals surface area (Å²) in [5.41, 5.74) is 5.83. The normalized spacial score (nSPS) is 15.9. The molecule has 1 aromatic rings. The molecule has 3 nitrogen and oxygen atoms in total. The van der Waals surface area contributed by atoms with Crippen molar-refractivity contribution < 1.29 is 13.6 Å². The molecule has 0 atom stereocenters. The van der Waals surface area contributed by atoms with Crippen LogP contribution in [0.1, 0.15) is 23.2 Å². The molecule has 0 spiro atoms. The van der Waals surface area contributed by atoms with Crippen molar-refractivity contribution in [1.82, 2.24) is 4.90 Å². The second kappa shape index (κ2) is 7.51.